The molecule has 4 rings (SSSR count). The molecule has 1 aromatic carbocycles. The highest BCUT2D eigenvalue weighted by molar-refractivity contribution is 7.99. The van der Waals surface area contributed by atoms with Crippen molar-refractivity contribution in [1.82, 2.24) is 19.7 Å². The molecule has 7 nitrogen and oxygen atoms in total. The van der Waals surface area contributed by atoms with E-state index in [0.29, 0.717) is 17.0 Å². The van der Waals surface area contributed by atoms with Gasteiger partial charge in [-0.2, -0.15) is 0 Å². The molecule has 0 spiro atoms. The van der Waals surface area contributed by atoms with Gasteiger partial charge in [-0.1, -0.05) is 44.2 Å². The topological polar surface area (TPSA) is 106 Å². The predicted molar refractivity (Wildman–Crippen MR) is 121 cm³/mol. The third kappa shape index (κ3) is 5.31. The molecule has 30 heavy (non-hydrogen) atoms. The Morgan fingerprint density at radius 2 is 2.07 bits per heavy atom. The third-order valence-electron chi connectivity index (χ3n) is 5.02. The molecule has 3 heterocycles. The van der Waals surface area contributed by atoms with Crippen LogP contribution in [0.4, 0.5) is 5.82 Å². The summed E-state index contributed by atoms with van der Waals surface area (Å²) in [5.41, 5.74) is 10.7. The maximum Gasteiger partial charge on any atom is 0.290 e. The van der Waals surface area contributed by atoms with Gasteiger partial charge in [-0.3, -0.25) is 9.20 Å². The lowest BCUT2D eigenvalue weighted by Crippen LogP contribution is -2.31. The van der Waals surface area contributed by atoms with E-state index < -0.39 is 0 Å². The first-order chi connectivity index (χ1) is 14.5. The number of nitrogens with one attached hydrogen (secondary N) is 1. The zero-order valence-electron chi connectivity index (χ0n) is 17.4. The fraction of sp³-hybridized carbons (Fsp3) is 0.409. The van der Waals surface area contributed by atoms with Crippen LogP contribution in [-0.4, -0.2) is 44.3 Å². The van der Waals surface area contributed by atoms with E-state index in [1.807, 2.05) is 17.8 Å². The van der Waals surface area contributed by atoms with Gasteiger partial charge in [-0.25, -0.2) is 9.97 Å². The number of fused-ring (bicyclic) bond motifs is 1. The molecule has 1 aliphatic rings. The van der Waals surface area contributed by atoms with Crippen LogP contribution in [0.25, 0.3) is 5.65 Å². The highest BCUT2D eigenvalue weighted by Crippen LogP contribution is 2.31. The third-order valence-corrected chi connectivity index (χ3v) is 6.20. The number of hydrogen-bond donors (Lipinski definition) is 3. The molecule has 1 fully saturated rings. The summed E-state index contributed by atoms with van der Waals surface area (Å²) in [5.74, 6) is 0.875. The number of anilines is 1. The zero-order chi connectivity index (χ0) is 21.5. The molecule has 3 aromatic rings. The first-order valence-electron chi connectivity index (χ1n) is 10.2. The summed E-state index contributed by atoms with van der Waals surface area (Å²) in [7, 11) is 0. The van der Waals surface area contributed by atoms with Gasteiger partial charge < -0.3 is 16.2 Å². The van der Waals surface area contributed by atoms with E-state index in [4.69, 9.17) is 20.6 Å². The number of carboxylic acid groups (broad SMARTS) is 1. The Balaban J connectivity index is 0.000000806. The molecule has 1 aliphatic heterocycles. The number of carbonyl (C=O) groups is 1. The van der Waals surface area contributed by atoms with Crippen molar-refractivity contribution in [3.05, 3.63) is 53.5 Å². The van der Waals surface area contributed by atoms with Gasteiger partial charge in [0.05, 0.1) is 5.69 Å². The quantitative estimate of drug-likeness (QED) is 0.535. The second kappa shape index (κ2) is 10.4. The van der Waals surface area contributed by atoms with E-state index in [0.717, 1.165) is 35.9 Å². The summed E-state index contributed by atoms with van der Waals surface area (Å²) < 4.78 is 2.17. The molecule has 1 saturated heterocycles. The average Bonchev–Trinajstić information content (AvgIpc) is 3.09. The van der Waals surface area contributed by atoms with Gasteiger partial charge in [0, 0.05) is 30.1 Å². The Hall–Kier alpha value is -2.58. The molecule has 0 amide bonds. The minimum Gasteiger partial charge on any atom is -0.483 e. The number of thioether (sulfide) groups is 1. The number of nitrogens with zero attached hydrogens (tertiary/aromatic N) is 3. The Bertz CT molecular complexity index is 969. The Morgan fingerprint density at radius 1 is 1.33 bits per heavy atom. The van der Waals surface area contributed by atoms with E-state index in [1.54, 1.807) is 0 Å². The van der Waals surface area contributed by atoms with Gasteiger partial charge in [-0.15, -0.1) is 11.8 Å². The number of benzene rings is 1. The van der Waals surface area contributed by atoms with Crippen molar-refractivity contribution < 1.29 is 9.90 Å². The molecule has 1 unspecified atom stereocenters. The number of nitrogens with two attached hydrogens (primary N) is 1. The van der Waals surface area contributed by atoms with Crippen LogP contribution in [0.5, 0.6) is 0 Å². The zero-order valence-corrected chi connectivity index (χ0v) is 18.2. The molecular formula is C22H29N5O2S. The van der Waals surface area contributed by atoms with Gasteiger partial charge in [-0.05, 0) is 30.9 Å². The van der Waals surface area contributed by atoms with Crippen LogP contribution in [0.1, 0.15) is 49.6 Å². The van der Waals surface area contributed by atoms with Crippen LogP contribution >= 0.6 is 11.8 Å². The summed E-state index contributed by atoms with van der Waals surface area (Å²) in [4.78, 5) is 17.9. The lowest BCUT2D eigenvalue weighted by atomic mass is 10.0. The molecule has 0 bridgehead atoms. The second-order valence-corrected chi connectivity index (χ2v) is 8.93. The van der Waals surface area contributed by atoms with Crippen molar-refractivity contribution in [3.63, 3.8) is 0 Å². The van der Waals surface area contributed by atoms with Crippen molar-refractivity contribution in [1.29, 1.82) is 0 Å². The Kier molecular flexibility index (Phi) is 7.70. The molecule has 4 N–H and O–H groups in total. The lowest BCUT2D eigenvalue weighted by Gasteiger charge is -2.21. The number of aromatic nitrogens is 3. The van der Waals surface area contributed by atoms with E-state index in [1.165, 1.54) is 24.1 Å². The summed E-state index contributed by atoms with van der Waals surface area (Å²) in [6.07, 6.45) is 5.38. The molecule has 0 saturated carbocycles. The molecule has 0 aliphatic carbocycles. The maximum atomic E-state index is 8.36. The molecule has 8 heteroatoms. The van der Waals surface area contributed by atoms with Gasteiger partial charge in [0.25, 0.3) is 6.47 Å². The number of rotatable bonds is 5. The molecule has 0 radical (unpaired) electrons. The van der Waals surface area contributed by atoms with Crippen LogP contribution < -0.4 is 11.1 Å². The Morgan fingerprint density at radius 3 is 2.70 bits per heavy atom. The first kappa shape index (κ1) is 22.1. The first-order valence-corrected chi connectivity index (χ1v) is 11.1. The molecule has 160 valence electrons. The van der Waals surface area contributed by atoms with E-state index >= 15 is 0 Å². The van der Waals surface area contributed by atoms with Crippen molar-refractivity contribution >= 4 is 29.7 Å². The van der Waals surface area contributed by atoms with Crippen LogP contribution in [0.2, 0.25) is 0 Å². The molecular weight excluding hydrogens is 398 g/mol. The number of piperidine rings is 1. The van der Waals surface area contributed by atoms with Crippen molar-refractivity contribution in [3.8, 4) is 0 Å². The largest absolute Gasteiger partial charge is 0.483 e. The van der Waals surface area contributed by atoms with Crippen molar-refractivity contribution in [2.24, 2.45) is 0 Å². The monoisotopic (exact) mass is 427 g/mol. The van der Waals surface area contributed by atoms with Crippen LogP contribution in [0.3, 0.4) is 0 Å². The molecule has 1 atom stereocenters. The number of nitrogen functional groups attached to an aromatic ring is 1. The van der Waals surface area contributed by atoms with Gasteiger partial charge in [0.2, 0.25) is 0 Å². The summed E-state index contributed by atoms with van der Waals surface area (Å²) in [6.45, 7) is 6.33. The summed E-state index contributed by atoms with van der Waals surface area (Å²) >= 11 is 1.82. The summed E-state index contributed by atoms with van der Waals surface area (Å²) in [6, 6.07) is 10.5. The second-order valence-electron chi connectivity index (χ2n) is 7.61. The van der Waals surface area contributed by atoms with Crippen LogP contribution in [0.15, 0.2) is 41.6 Å². The van der Waals surface area contributed by atoms with Gasteiger partial charge in [0.1, 0.15) is 5.03 Å². The van der Waals surface area contributed by atoms with Gasteiger partial charge in [0.15, 0.2) is 11.5 Å². The number of hydrogen-bond acceptors (Lipinski definition) is 6. The van der Waals surface area contributed by atoms with Crippen molar-refractivity contribution in [2.75, 3.05) is 18.8 Å². The Labute approximate surface area is 181 Å². The van der Waals surface area contributed by atoms with Gasteiger partial charge >= 0.3 is 0 Å². The predicted octanol–water partition coefficient (Wildman–Crippen LogP) is 3.57. The SMILES string of the molecule is CC(C)c1c(Cc2ccccc2)nc2c(N)nc(SC3CCCNC3)cn12.O=CO. The highest BCUT2D eigenvalue weighted by atomic mass is 32.2. The minimum absolute atomic E-state index is 0.250. The van der Waals surface area contributed by atoms with Crippen LogP contribution in [-0.2, 0) is 11.2 Å². The standard InChI is InChI=1S/C21H27N5S.CH2O2/c1-14(2)19-17(11-15-7-4-3-5-8-15)24-21-20(22)25-18(13-26(19)21)27-16-9-6-10-23-12-16;2-1-3/h3-5,7-8,13-14,16,23H,6,9-12H2,1-2H3,(H2,22,25);1H,(H,2,3). The smallest absolute Gasteiger partial charge is 0.290 e. The average molecular weight is 428 g/mol. The van der Waals surface area contributed by atoms with Crippen LogP contribution in [0, 0.1) is 0 Å². The highest BCUT2D eigenvalue weighted by Gasteiger charge is 2.20. The number of imidazole rings is 1. The van der Waals surface area contributed by atoms with Crippen molar-refractivity contribution in [2.45, 2.75) is 49.3 Å². The normalized spacial score (nSPS) is 16.3. The lowest BCUT2D eigenvalue weighted by molar-refractivity contribution is -0.122. The van der Waals surface area contributed by atoms with E-state index in [2.05, 4.69) is 59.0 Å². The van der Waals surface area contributed by atoms with E-state index in [-0.39, 0.29) is 6.47 Å². The maximum absolute atomic E-state index is 8.36. The van der Waals surface area contributed by atoms with E-state index in [9.17, 15) is 0 Å². The fourth-order valence-electron chi connectivity index (χ4n) is 3.79. The molecule has 2 aromatic heterocycles. The summed E-state index contributed by atoms with van der Waals surface area (Å²) in [5, 5.41) is 11.9. The fourth-order valence-corrected chi connectivity index (χ4v) is 4.93. The minimum atomic E-state index is -0.250.